The zero-order valence-corrected chi connectivity index (χ0v) is 8.90. The summed E-state index contributed by atoms with van der Waals surface area (Å²) in [5.41, 5.74) is 4.19. The minimum Gasteiger partial charge on any atom is -0.319 e. The van der Waals surface area contributed by atoms with Crippen molar-refractivity contribution in [3.63, 3.8) is 0 Å². The topological polar surface area (TPSA) is 43.1 Å². The average Bonchev–Trinajstić information content (AvgIpc) is 2.12. The van der Waals surface area contributed by atoms with E-state index >= 15 is 0 Å². The highest BCUT2D eigenvalue weighted by Crippen LogP contribution is 2.19. The Morgan fingerprint density at radius 3 is 2.27 bits per heavy atom. The summed E-state index contributed by atoms with van der Waals surface area (Å²) in [6.07, 6.45) is 0. The second-order valence-corrected chi connectivity index (χ2v) is 4.11. The van der Waals surface area contributed by atoms with Gasteiger partial charge in [0.25, 0.3) is 0 Å². The first-order valence-electron chi connectivity index (χ1n) is 4.53. The Morgan fingerprint density at radius 1 is 1.27 bits per heavy atom. The zero-order valence-electron chi connectivity index (χ0n) is 8.90. The molecule has 0 spiro atoms. The largest absolute Gasteiger partial charge is 0.319 e. The summed E-state index contributed by atoms with van der Waals surface area (Å²) in [5.74, 6) is -2.73. The Bertz CT molecular complexity index is 408. The Hall–Kier alpha value is -1.29. The molecular formula is C11H13F2NO. The van der Waals surface area contributed by atoms with Crippen LogP contribution in [0.3, 0.4) is 0 Å². The SMILES string of the molecule is Cc1ccc(C(=O)C(C)(C)N)c(F)c1F. The molecule has 82 valence electrons. The molecule has 15 heavy (non-hydrogen) atoms. The summed E-state index contributed by atoms with van der Waals surface area (Å²) in [7, 11) is 0. The first-order chi connectivity index (χ1) is 6.75. The summed E-state index contributed by atoms with van der Waals surface area (Å²) in [4.78, 5) is 11.6. The lowest BCUT2D eigenvalue weighted by Gasteiger charge is -2.17. The van der Waals surface area contributed by atoms with E-state index in [0.29, 0.717) is 0 Å². The van der Waals surface area contributed by atoms with Crippen molar-refractivity contribution in [1.29, 1.82) is 0 Å². The van der Waals surface area contributed by atoms with E-state index in [2.05, 4.69) is 0 Å². The number of Topliss-reactive ketones (excluding diaryl/α,β-unsaturated/α-hetero) is 1. The summed E-state index contributed by atoms with van der Waals surface area (Å²) in [6, 6.07) is 2.61. The molecule has 0 aliphatic heterocycles. The first-order valence-corrected chi connectivity index (χ1v) is 4.53. The van der Waals surface area contributed by atoms with Crippen LogP contribution >= 0.6 is 0 Å². The predicted octanol–water partition coefficient (Wildman–Crippen LogP) is 2.19. The normalized spacial score (nSPS) is 11.6. The molecule has 1 rings (SSSR count). The van der Waals surface area contributed by atoms with Gasteiger partial charge >= 0.3 is 0 Å². The minimum absolute atomic E-state index is 0.166. The maximum Gasteiger partial charge on any atom is 0.185 e. The van der Waals surface area contributed by atoms with Crippen LogP contribution in [0.2, 0.25) is 0 Å². The van der Waals surface area contributed by atoms with Crippen molar-refractivity contribution in [3.05, 3.63) is 34.9 Å². The quantitative estimate of drug-likeness (QED) is 0.765. The molecule has 4 heteroatoms. The molecular weight excluding hydrogens is 200 g/mol. The predicted molar refractivity (Wildman–Crippen MR) is 53.7 cm³/mol. The van der Waals surface area contributed by atoms with Crippen LogP contribution in [0.25, 0.3) is 0 Å². The molecule has 1 aromatic carbocycles. The molecule has 0 aromatic heterocycles. The van der Waals surface area contributed by atoms with E-state index in [0.717, 1.165) is 0 Å². The molecule has 0 fully saturated rings. The van der Waals surface area contributed by atoms with Crippen LogP contribution in [0, 0.1) is 18.6 Å². The average molecular weight is 213 g/mol. The maximum absolute atomic E-state index is 13.4. The van der Waals surface area contributed by atoms with E-state index in [1.54, 1.807) is 0 Å². The molecule has 0 saturated carbocycles. The standard InChI is InChI=1S/C11H13F2NO/c1-6-4-5-7(9(13)8(6)12)10(15)11(2,3)14/h4-5H,14H2,1-3H3. The second-order valence-electron chi connectivity index (χ2n) is 4.11. The number of nitrogens with two attached hydrogens (primary N) is 1. The summed E-state index contributed by atoms with van der Waals surface area (Å²) in [6.45, 7) is 4.33. The maximum atomic E-state index is 13.4. The fourth-order valence-electron chi connectivity index (χ4n) is 1.17. The molecule has 0 aliphatic carbocycles. The molecule has 0 aliphatic rings. The molecule has 0 unspecified atom stereocenters. The van der Waals surface area contributed by atoms with E-state index in [9.17, 15) is 13.6 Å². The Kier molecular flexibility index (Phi) is 2.90. The van der Waals surface area contributed by atoms with Gasteiger partial charge in [-0.05, 0) is 32.4 Å². The molecule has 2 nitrogen and oxygen atoms in total. The van der Waals surface area contributed by atoms with E-state index in [1.807, 2.05) is 0 Å². The van der Waals surface area contributed by atoms with E-state index in [1.165, 1.54) is 32.9 Å². The van der Waals surface area contributed by atoms with Crippen LogP contribution in [0.1, 0.15) is 29.8 Å². The molecule has 0 amide bonds. The van der Waals surface area contributed by atoms with Gasteiger partial charge in [0.2, 0.25) is 0 Å². The highest BCUT2D eigenvalue weighted by molar-refractivity contribution is 6.02. The van der Waals surface area contributed by atoms with E-state index in [4.69, 9.17) is 5.73 Å². The Labute approximate surface area is 87.1 Å². The number of aryl methyl sites for hydroxylation is 1. The fourth-order valence-corrected chi connectivity index (χ4v) is 1.17. The fraction of sp³-hybridized carbons (Fsp3) is 0.364. The van der Waals surface area contributed by atoms with Crippen LogP contribution in [0.5, 0.6) is 0 Å². The van der Waals surface area contributed by atoms with Gasteiger partial charge in [-0.15, -0.1) is 0 Å². The second kappa shape index (κ2) is 3.70. The molecule has 0 atom stereocenters. The van der Waals surface area contributed by atoms with Crippen LogP contribution < -0.4 is 5.73 Å². The zero-order chi connectivity index (χ0) is 11.8. The first kappa shape index (κ1) is 11.8. The summed E-state index contributed by atoms with van der Waals surface area (Å²) in [5, 5.41) is 0. The number of carbonyl (C=O) groups excluding carboxylic acids is 1. The molecule has 0 saturated heterocycles. The van der Waals surface area contributed by atoms with Gasteiger partial charge in [-0.3, -0.25) is 4.79 Å². The van der Waals surface area contributed by atoms with Gasteiger partial charge in [0.1, 0.15) is 0 Å². The van der Waals surface area contributed by atoms with Crippen molar-refractivity contribution in [2.75, 3.05) is 0 Å². The number of rotatable bonds is 2. The number of carbonyl (C=O) groups is 1. The van der Waals surface area contributed by atoms with Crippen molar-refractivity contribution in [2.24, 2.45) is 5.73 Å². The van der Waals surface area contributed by atoms with Gasteiger partial charge < -0.3 is 5.73 Å². The molecule has 1 aromatic rings. The highest BCUT2D eigenvalue weighted by atomic mass is 19.2. The van der Waals surface area contributed by atoms with Crippen molar-refractivity contribution in [3.8, 4) is 0 Å². The van der Waals surface area contributed by atoms with Gasteiger partial charge in [-0.25, -0.2) is 8.78 Å². The van der Waals surface area contributed by atoms with E-state index in [-0.39, 0.29) is 11.1 Å². The molecule has 0 heterocycles. The van der Waals surface area contributed by atoms with Crippen molar-refractivity contribution < 1.29 is 13.6 Å². The van der Waals surface area contributed by atoms with E-state index < -0.39 is 23.0 Å². The number of halogens is 2. The molecule has 0 bridgehead atoms. The monoisotopic (exact) mass is 213 g/mol. The smallest absolute Gasteiger partial charge is 0.185 e. The highest BCUT2D eigenvalue weighted by Gasteiger charge is 2.27. The van der Waals surface area contributed by atoms with Crippen LogP contribution in [0.15, 0.2) is 12.1 Å². The molecule has 0 radical (unpaired) electrons. The van der Waals surface area contributed by atoms with Crippen LogP contribution in [-0.4, -0.2) is 11.3 Å². The summed E-state index contributed by atoms with van der Waals surface area (Å²) >= 11 is 0. The van der Waals surface area contributed by atoms with Gasteiger partial charge in [-0.2, -0.15) is 0 Å². The van der Waals surface area contributed by atoms with Gasteiger partial charge in [0.05, 0.1) is 11.1 Å². The lowest BCUT2D eigenvalue weighted by atomic mass is 9.93. The Morgan fingerprint density at radius 2 is 1.80 bits per heavy atom. The van der Waals surface area contributed by atoms with Crippen molar-refractivity contribution in [2.45, 2.75) is 26.3 Å². The van der Waals surface area contributed by atoms with Crippen molar-refractivity contribution in [1.82, 2.24) is 0 Å². The van der Waals surface area contributed by atoms with Crippen LogP contribution in [0.4, 0.5) is 8.78 Å². The minimum atomic E-state index is -1.21. The number of hydrogen-bond donors (Lipinski definition) is 1. The number of hydrogen-bond acceptors (Lipinski definition) is 2. The Balaban J connectivity index is 3.29. The lowest BCUT2D eigenvalue weighted by Crippen LogP contribution is -2.42. The third kappa shape index (κ3) is 2.21. The third-order valence-electron chi connectivity index (χ3n) is 2.11. The third-order valence-corrected chi connectivity index (χ3v) is 2.11. The van der Waals surface area contributed by atoms with Crippen LogP contribution in [-0.2, 0) is 0 Å². The van der Waals surface area contributed by atoms with Gasteiger partial charge in [0.15, 0.2) is 17.4 Å². The van der Waals surface area contributed by atoms with Gasteiger partial charge in [-0.1, -0.05) is 6.07 Å². The lowest BCUT2D eigenvalue weighted by molar-refractivity contribution is 0.0908. The van der Waals surface area contributed by atoms with Gasteiger partial charge in [0, 0.05) is 0 Å². The molecule has 2 N–H and O–H groups in total. The van der Waals surface area contributed by atoms with Crippen molar-refractivity contribution >= 4 is 5.78 Å². The number of ketones is 1. The number of benzene rings is 1. The summed E-state index contributed by atoms with van der Waals surface area (Å²) < 4.78 is 26.6.